The summed E-state index contributed by atoms with van der Waals surface area (Å²) in [6, 6.07) is 9.89. The van der Waals surface area contributed by atoms with Crippen molar-refractivity contribution in [2.24, 2.45) is 0 Å². The van der Waals surface area contributed by atoms with Crippen molar-refractivity contribution >= 4 is 27.3 Å². The highest BCUT2D eigenvalue weighted by molar-refractivity contribution is 7.92. The predicted molar refractivity (Wildman–Crippen MR) is 102 cm³/mol. The third kappa shape index (κ3) is 4.40. The molecule has 0 saturated carbocycles. The first-order valence-electron chi connectivity index (χ1n) is 8.27. The van der Waals surface area contributed by atoms with Gasteiger partial charge in [-0.05, 0) is 55.7 Å². The van der Waals surface area contributed by atoms with Crippen LogP contribution < -0.4 is 9.62 Å². The molecule has 1 unspecified atom stereocenters. The van der Waals surface area contributed by atoms with Crippen LogP contribution in [-0.2, 0) is 14.8 Å². The topological polar surface area (TPSA) is 66.5 Å². The Bertz CT molecular complexity index is 913. The minimum absolute atomic E-state index is 0.142. The van der Waals surface area contributed by atoms with Gasteiger partial charge in [0.15, 0.2) is 0 Å². The molecule has 0 bridgehead atoms. The van der Waals surface area contributed by atoms with Crippen molar-refractivity contribution in [1.82, 2.24) is 0 Å². The van der Waals surface area contributed by atoms with Crippen LogP contribution in [0.15, 0.2) is 42.5 Å². The maximum Gasteiger partial charge on any atom is 0.248 e. The van der Waals surface area contributed by atoms with Gasteiger partial charge in [0.2, 0.25) is 15.9 Å². The lowest BCUT2D eigenvalue weighted by atomic mass is 10.1. The first-order valence-corrected chi connectivity index (χ1v) is 10.1. The maximum atomic E-state index is 14.2. The molecular weight excluding hydrogens is 355 g/mol. The number of amides is 1. The lowest BCUT2D eigenvalue weighted by Gasteiger charge is -2.30. The van der Waals surface area contributed by atoms with Crippen LogP contribution in [0.2, 0.25) is 0 Å². The molecule has 2 aromatic rings. The summed E-state index contributed by atoms with van der Waals surface area (Å²) in [5.41, 5.74) is 2.51. The number of nitrogens with one attached hydrogen (secondary N) is 1. The summed E-state index contributed by atoms with van der Waals surface area (Å²) in [5, 5.41) is 2.74. The molecule has 0 aliphatic rings. The Morgan fingerprint density at radius 2 is 1.81 bits per heavy atom. The minimum Gasteiger partial charge on any atom is -0.324 e. The number of para-hydroxylation sites is 1. The summed E-state index contributed by atoms with van der Waals surface area (Å²) < 4.78 is 39.7. The molecule has 26 heavy (non-hydrogen) atoms. The normalized spacial score (nSPS) is 12.5. The highest BCUT2D eigenvalue weighted by Gasteiger charge is 2.33. The zero-order valence-electron chi connectivity index (χ0n) is 15.3. The fourth-order valence-corrected chi connectivity index (χ4v) is 3.92. The number of sulfonamides is 1. The summed E-state index contributed by atoms with van der Waals surface area (Å²) in [6.45, 7) is 5.56. The Balaban J connectivity index is 2.40. The van der Waals surface area contributed by atoms with Gasteiger partial charge >= 0.3 is 0 Å². The van der Waals surface area contributed by atoms with Crippen molar-refractivity contribution < 1.29 is 17.6 Å². The van der Waals surface area contributed by atoms with Gasteiger partial charge in [0.1, 0.15) is 11.9 Å². The third-order valence-corrected chi connectivity index (χ3v) is 5.36. The second-order valence-corrected chi connectivity index (χ2v) is 8.08. The van der Waals surface area contributed by atoms with Gasteiger partial charge in [-0.3, -0.25) is 9.10 Å². The number of carbonyl (C=O) groups excluding carboxylic acids is 1. The van der Waals surface area contributed by atoms with E-state index in [4.69, 9.17) is 0 Å². The molecule has 0 radical (unpaired) electrons. The Labute approximate surface area is 153 Å². The average Bonchev–Trinajstić information content (AvgIpc) is 2.55. The number of aryl methyl sites for hydroxylation is 2. The number of carbonyl (C=O) groups is 1. The molecule has 1 amide bonds. The molecule has 0 aliphatic carbocycles. The van der Waals surface area contributed by atoms with Crippen LogP contribution >= 0.6 is 0 Å². The zero-order valence-corrected chi connectivity index (χ0v) is 16.1. The van der Waals surface area contributed by atoms with Crippen LogP contribution in [0.4, 0.5) is 15.8 Å². The quantitative estimate of drug-likeness (QED) is 0.835. The first kappa shape index (κ1) is 19.9. The molecule has 0 saturated heterocycles. The van der Waals surface area contributed by atoms with Crippen molar-refractivity contribution in [3.8, 4) is 0 Å². The number of nitrogens with zero attached hydrogens (tertiary/aromatic N) is 1. The standard InChI is InChI=1S/C19H23FN2O3S/c1-5-17(19(23)21-15-11-10-13(2)14(3)12-15)22(26(4,24)25)18-9-7-6-8-16(18)20/h6-12,17H,5H2,1-4H3,(H,21,23). The van der Waals surface area contributed by atoms with Crippen molar-refractivity contribution in [2.45, 2.75) is 33.2 Å². The van der Waals surface area contributed by atoms with Crippen LogP contribution in [0.5, 0.6) is 0 Å². The molecule has 140 valence electrons. The number of hydrogen-bond acceptors (Lipinski definition) is 3. The molecule has 0 aliphatic heterocycles. The van der Waals surface area contributed by atoms with Crippen molar-refractivity contribution in [1.29, 1.82) is 0 Å². The zero-order chi connectivity index (χ0) is 19.5. The molecule has 1 atom stereocenters. The molecule has 0 heterocycles. The summed E-state index contributed by atoms with van der Waals surface area (Å²) in [4.78, 5) is 12.8. The van der Waals surface area contributed by atoms with Crippen LogP contribution in [0, 0.1) is 19.7 Å². The van der Waals surface area contributed by atoms with Gasteiger partial charge in [0.25, 0.3) is 0 Å². The second-order valence-electron chi connectivity index (χ2n) is 6.22. The summed E-state index contributed by atoms with van der Waals surface area (Å²) in [7, 11) is -3.87. The third-order valence-electron chi connectivity index (χ3n) is 4.19. The Hall–Kier alpha value is -2.41. The van der Waals surface area contributed by atoms with Gasteiger partial charge in [-0.1, -0.05) is 25.1 Å². The molecular formula is C19H23FN2O3S. The van der Waals surface area contributed by atoms with Crippen molar-refractivity contribution in [3.63, 3.8) is 0 Å². The predicted octanol–water partition coefficient (Wildman–Crippen LogP) is 3.63. The SMILES string of the molecule is CCC(C(=O)Nc1ccc(C)c(C)c1)N(c1ccccc1F)S(C)(=O)=O. The molecule has 0 spiro atoms. The highest BCUT2D eigenvalue weighted by Crippen LogP contribution is 2.26. The van der Waals surface area contributed by atoms with E-state index >= 15 is 0 Å². The van der Waals surface area contributed by atoms with Gasteiger partial charge in [0.05, 0.1) is 11.9 Å². The second kappa shape index (κ2) is 7.86. The number of hydrogen-bond donors (Lipinski definition) is 1. The molecule has 2 aromatic carbocycles. The number of halogens is 1. The monoisotopic (exact) mass is 378 g/mol. The van der Waals surface area contributed by atoms with Gasteiger partial charge < -0.3 is 5.32 Å². The van der Waals surface area contributed by atoms with Crippen molar-refractivity contribution in [2.75, 3.05) is 15.9 Å². The Morgan fingerprint density at radius 1 is 1.15 bits per heavy atom. The van der Waals surface area contributed by atoms with E-state index in [1.807, 2.05) is 26.0 Å². The van der Waals surface area contributed by atoms with Gasteiger partial charge in [-0.2, -0.15) is 0 Å². The molecule has 0 aromatic heterocycles. The Morgan fingerprint density at radius 3 is 2.35 bits per heavy atom. The van der Waals surface area contributed by atoms with Gasteiger partial charge in [-0.25, -0.2) is 12.8 Å². The van der Waals surface area contributed by atoms with Gasteiger partial charge in [0, 0.05) is 5.69 Å². The lowest BCUT2D eigenvalue weighted by Crippen LogP contribution is -2.47. The lowest BCUT2D eigenvalue weighted by molar-refractivity contribution is -0.117. The van der Waals surface area contributed by atoms with E-state index in [0.29, 0.717) is 5.69 Å². The molecule has 2 rings (SSSR count). The number of benzene rings is 2. The van der Waals surface area contributed by atoms with E-state index in [9.17, 15) is 17.6 Å². The van der Waals surface area contributed by atoms with Crippen LogP contribution in [0.1, 0.15) is 24.5 Å². The maximum absolute atomic E-state index is 14.2. The van der Waals surface area contributed by atoms with E-state index in [1.54, 1.807) is 13.0 Å². The minimum atomic E-state index is -3.87. The smallest absolute Gasteiger partial charge is 0.248 e. The first-order chi connectivity index (χ1) is 12.1. The molecule has 0 fully saturated rings. The van der Waals surface area contributed by atoms with E-state index in [-0.39, 0.29) is 12.1 Å². The number of anilines is 2. The fraction of sp³-hybridized carbons (Fsp3) is 0.316. The summed E-state index contributed by atoms with van der Waals surface area (Å²) in [6.07, 6.45) is 1.16. The van der Waals surface area contributed by atoms with E-state index in [2.05, 4.69) is 5.32 Å². The molecule has 7 heteroatoms. The van der Waals surface area contributed by atoms with Crippen LogP contribution in [-0.4, -0.2) is 26.6 Å². The van der Waals surface area contributed by atoms with Crippen LogP contribution in [0.25, 0.3) is 0 Å². The fourth-order valence-electron chi connectivity index (χ4n) is 2.71. The average molecular weight is 378 g/mol. The Kier molecular flexibility index (Phi) is 6.02. The van der Waals surface area contributed by atoms with Crippen LogP contribution in [0.3, 0.4) is 0 Å². The number of rotatable bonds is 6. The van der Waals surface area contributed by atoms with E-state index in [0.717, 1.165) is 21.7 Å². The van der Waals surface area contributed by atoms with E-state index < -0.39 is 27.8 Å². The molecule has 1 N–H and O–H groups in total. The summed E-state index contributed by atoms with van der Waals surface area (Å²) >= 11 is 0. The largest absolute Gasteiger partial charge is 0.324 e. The van der Waals surface area contributed by atoms with Gasteiger partial charge in [-0.15, -0.1) is 0 Å². The van der Waals surface area contributed by atoms with Crippen molar-refractivity contribution in [3.05, 3.63) is 59.4 Å². The summed E-state index contributed by atoms with van der Waals surface area (Å²) in [5.74, 6) is -1.21. The molecule has 5 nitrogen and oxygen atoms in total. The highest BCUT2D eigenvalue weighted by atomic mass is 32.2. The van der Waals surface area contributed by atoms with E-state index in [1.165, 1.54) is 24.3 Å².